The summed E-state index contributed by atoms with van der Waals surface area (Å²) in [5.41, 5.74) is 9.67. The molecule has 0 aliphatic heterocycles. The Hall–Kier alpha value is -3.12. The van der Waals surface area contributed by atoms with E-state index in [1.165, 1.54) is 10.3 Å². The number of nitrogens with one attached hydrogen (secondary N) is 1. The summed E-state index contributed by atoms with van der Waals surface area (Å²) in [6, 6.07) is 16.2. The standard InChI is InChI=1S/C19H17N5S/c1-11-3-2-4-13(9-11)22-19-15-7-8-25-17(15)14-6-5-12(18(20)24-21)10-16(14)23-19/h2-10H,21H2,1H3,(H2,20,24)(H,22,23). The van der Waals surface area contributed by atoms with E-state index in [9.17, 15) is 0 Å². The van der Waals surface area contributed by atoms with E-state index in [1.54, 1.807) is 11.3 Å². The summed E-state index contributed by atoms with van der Waals surface area (Å²) in [4.78, 5) is 4.82. The third-order valence-corrected chi connectivity index (χ3v) is 5.06. The van der Waals surface area contributed by atoms with Crippen LogP contribution >= 0.6 is 11.3 Å². The summed E-state index contributed by atoms with van der Waals surface area (Å²) in [5.74, 6) is 6.42. The van der Waals surface area contributed by atoms with Gasteiger partial charge in [-0.3, -0.25) is 0 Å². The molecule has 0 spiro atoms. The Morgan fingerprint density at radius 3 is 2.80 bits per heavy atom. The average Bonchev–Trinajstić information content (AvgIpc) is 3.11. The highest BCUT2D eigenvalue weighted by molar-refractivity contribution is 7.18. The van der Waals surface area contributed by atoms with E-state index < -0.39 is 0 Å². The first kappa shape index (κ1) is 15.4. The Labute approximate surface area is 149 Å². The van der Waals surface area contributed by atoms with E-state index in [4.69, 9.17) is 16.6 Å². The van der Waals surface area contributed by atoms with Gasteiger partial charge in [0.15, 0.2) is 0 Å². The minimum absolute atomic E-state index is 0.295. The maximum Gasteiger partial charge on any atom is 0.150 e. The first-order valence-corrected chi connectivity index (χ1v) is 8.72. The van der Waals surface area contributed by atoms with Crippen molar-refractivity contribution in [3.05, 3.63) is 65.0 Å². The lowest BCUT2D eigenvalue weighted by molar-refractivity contribution is 1.23. The number of aryl methyl sites for hydroxylation is 1. The van der Waals surface area contributed by atoms with Gasteiger partial charge in [-0.15, -0.1) is 11.3 Å². The summed E-state index contributed by atoms with van der Waals surface area (Å²) < 4.78 is 1.19. The molecule has 0 saturated heterocycles. The van der Waals surface area contributed by atoms with Crippen LogP contribution in [-0.4, -0.2) is 10.8 Å². The van der Waals surface area contributed by atoms with Gasteiger partial charge in [0.1, 0.15) is 11.7 Å². The molecule has 0 bridgehead atoms. The fraction of sp³-hybridized carbons (Fsp3) is 0.0526. The molecular weight excluding hydrogens is 330 g/mol. The van der Waals surface area contributed by atoms with Gasteiger partial charge in [0.05, 0.1) is 5.52 Å². The van der Waals surface area contributed by atoms with Crippen LogP contribution in [0.4, 0.5) is 11.5 Å². The molecule has 0 aliphatic rings. The highest BCUT2D eigenvalue weighted by Crippen LogP contribution is 2.35. The molecule has 5 N–H and O–H groups in total. The van der Waals surface area contributed by atoms with Gasteiger partial charge >= 0.3 is 0 Å². The van der Waals surface area contributed by atoms with E-state index in [1.807, 2.05) is 30.3 Å². The van der Waals surface area contributed by atoms with Crippen LogP contribution < -0.4 is 16.9 Å². The number of hydrogen-bond donors (Lipinski definition) is 3. The van der Waals surface area contributed by atoms with Crippen LogP contribution in [0.3, 0.4) is 0 Å². The number of benzene rings is 2. The average molecular weight is 347 g/mol. The van der Waals surface area contributed by atoms with Crippen molar-refractivity contribution in [1.29, 1.82) is 0 Å². The second-order valence-electron chi connectivity index (χ2n) is 5.86. The van der Waals surface area contributed by atoms with Gasteiger partial charge in [-0.25, -0.2) is 4.98 Å². The maximum absolute atomic E-state index is 5.84. The number of thiophene rings is 1. The Morgan fingerprint density at radius 2 is 2.00 bits per heavy atom. The van der Waals surface area contributed by atoms with Crippen molar-refractivity contribution in [3.8, 4) is 0 Å². The van der Waals surface area contributed by atoms with Crippen LogP contribution in [0.1, 0.15) is 11.1 Å². The lowest BCUT2D eigenvalue weighted by Crippen LogP contribution is -2.15. The van der Waals surface area contributed by atoms with Crippen molar-refractivity contribution >= 4 is 49.7 Å². The van der Waals surface area contributed by atoms with Crippen molar-refractivity contribution in [1.82, 2.24) is 4.98 Å². The normalized spacial score (nSPS) is 12.0. The van der Waals surface area contributed by atoms with Gasteiger partial charge in [0.25, 0.3) is 0 Å². The Bertz CT molecular complexity index is 1110. The summed E-state index contributed by atoms with van der Waals surface area (Å²) in [6.45, 7) is 2.07. The quantitative estimate of drug-likeness (QED) is 0.225. The molecule has 6 heteroatoms. The van der Waals surface area contributed by atoms with Crippen LogP contribution in [0.25, 0.3) is 21.0 Å². The van der Waals surface area contributed by atoms with Crippen molar-refractivity contribution in [2.24, 2.45) is 16.7 Å². The fourth-order valence-corrected chi connectivity index (χ4v) is 3.82. The van der Waals surface area contributed by atoms with Crippen LogP contribution in [0.5, 0.6) is 0 Å². The van der Waals surface area contributed by atoms with E-state index in [-0.39, 0.29) is 0 Å². The predicted molar refractivity (Wildman–Crippen MR) is 106 cm³/mol. The Balaban J connectivity index is 1.91. The highest BCUT2D eigenvalue weighted by Gasteiger charge is 2.11. The monoisotopic (exact) mass is 347 g/mol. The molecule has 4 aromatic rings. The van der Waals surface area contributed by atoms with E-state index in [0.29, 0.717) is 5.84 Å². The first-order valence-electron chi connectivity index (χ1n) is 7.84. The molecule has 124 valence electrons. The van der Waals surface area contributed by atoms with Crippen LogP contribution in [0, 0.1) is 6.92 Å². The Kier molecular flexibility index (Phi) is 3.74. The number of rotatable bonds is 3. The lowest BCUT2D eigenvalue weighted by atomic mass is 10.1. The molecule has 4 rings (SSSR count). The minimum Gasteiger partial charge on any atom is -0.382 e. The van der Waals surface area contributed by atoms with Gasteiger partial charge in [-0.1, -0.05) is 24.3 Å². The van der Waals surface area contributed by atoms with Crippen LogP contribution in [0.15, 0.2) is 59.0 Å². The first-order chi connectivity index (χ1) is 12.2. The predicted octanol–water partition coefficient (Wildman–Crippen LogP) is 4.08. The number of nitrogens with two attached hydrogens (primary N) is 2. The van der Waals surface area contributed by atoms with Crippen molar-refractivity contribution in [2.75, 3.05) is 5.32 Å². The van der Waals surface area contributed by atoms with E-state index in [2.05, 4.69) is 40.9 Å². The van der Waals surface area contributed by atoms with Gasteiger partial charge in [0.2, 0.25) is 0 Å². The van der Waals surface area contributed by atoms with Gasteiger partial charge in [-0.05, 0) is 42.1 Å². The van der Waals surface area contributed by atoms with Crippen LogP contribution in [-0.2, 0) is 0 Å². The molecular formula is C19H17N5S. The lowest BCUT2D eigenvalue weighted by Gasteiger charge is -2.10. The molecule has 2 aromatic carbocycles. The third-order valence-electron chi connectivity index (χ3n) is 4.11. The Morgan fingerprint density at radius 1 is 1.12 bits per heavy atom. The molecule has 25 heavy (non-hydrogen) atoms. The third kappa shape index (κ3) is 2.77. The zero-order valence-electron chi connectivity index (χ0n) is 13.7. The number of aromatic nitrogens is 1. The fourth-order valence-electron chi connectivity index (χ4n) is 2.89. The number of nitrogens with zero attached hydrogens (tertiary/aromatic N) is 2. The van der Waals surface area contributed by atoms with Crippen molar-refractivity contribution in [3.63, 3.8) is 0 Å². The summed E-state index contributed by atoms with van der Waals surface area (Å²) >= 11 is 1.70. The molecule has 0 aliphatic carbocycles. The molecule has 2 aromatic heterocycles. The summed E-state index contributed by atoms with van der Waals surface area (Å²) in [5, 5.41) is 11.3. The number of amidine groups is 1. The second kappa shape index (κ2) is 6.07. The van der Waals surface area contributed by atoms with Gasteiger partial charge in [0, 0.05) is 26.7 Å². The number of hydrazone groups is 1. The number of pyridine rings is 1. The molecule has 0 unspecified atom stereocenters. The molecule has 2 heterocycles. The topological polar surface area (TPSA) is 89.3 Å². The van der Waals surface area contributed by atoms with Crippen molar-refractivity contribution in [2.45, 2.75) is 6.92 Å². The second-order valence-corrected chi connectivity index (χ2v) is 6.78. The van der Waals surface area contributed by atoms with Crippen LogP contribution in [0.2, 0.25) is 0 Å². The zero-order valence-corrected chi connectivity index (χ0v) is 14.5. The maximum atomic E-state index is 5.84. The molecule has 0 saturated carbocycles. The summed E-state index contributed by atoms with van der Waals surface area (Å²) in [7, 11) is 0. The smallest absolute Gasteiger partial charge is 0.150 e. The number of hydrogen-bond acceptors (Lipinski definition) is 5. The molecule has 0 amide bonds. The number of anilines is 2. The van der Waals surface area contributed by atoms with E-state index in [0.717, 1.165) is 33.4 Å². The van der Waals surface area contributed by atoms with Crippen molar-refractivity contribution < 1.29 is 0 Å². The highest BCUT2D eigenvalue weighted by atomic mass is 32.1. The molecule has 0 atom stereocenters. The van der Waals surface area contributed by atoms with Gasteiger partial charge < -0.3 is 16.9 Å². The summed E-state index contributed by atoms with van der Waals surface area (Å²) in [6.07, 6.45) is 0. The SMILES string of the molecule is Cc1cccc(Nc2nc3cc(/C(N)=N/N)ccc3c3sccc23)c1. The number of fused-ring (bicyclic) bond motifs is 3. The minimum atomic E-state index is 0.295. The largest absolute Gasteiger partial charge is 0.382 e. The van der Waals surface area contributed by atoms with Gasteiger partial charge in [-0.2, -0.15) is 5.10 Å². The molecule has 0 fully saturated rings. The molecule has 0 radical (unpaired) electrons. The van der Waals surface area contributed by atoms with E-state index >= 15 is 0 Å². The molecule has 5 nitrogen and oxygen atoms in total. The zero-order chi connectivity index (χ0) is 17.4.